The van der Waals surface area contributed by atoms with Crippen molar-refractivity contribution in [1.82, 2.24) is 57.4 Å². The lowest BCUT2D eigenvalue weighted by Crippen LogP contribution is -2.61. The van der Waals surface area contributed by atoms with Crippen molar-refractivity contribution < 1.29 is 53.4 Å². The van der Waals surface area contributed by atoms with Crippen LogP contribution >= 0.6 is 37.0 Å². The van der Waals surface area contributed by atoms with E-state index >= 15 is 4.79 Å². The Bertz CT molecular complexity index is 3650. The van der Waals surface area contributed by atoms with E-state index in [0.717, 1.165) is 60.1 Å². The Labute approximate surface area is 574 Å². The Morgan fingerprint density at radius 2 is 1.19 bits per heavy atom. The van der Waals surface area contributed by atoms with Crippen molar-refractivity contribution in [3.8, 4) is 5.75 Å². The number of nitrogens with zero attached hydrogens (tertiary/aromatic N) is 1. The molecule has 24 nitrogen and oxygen atoms in total. The molecule has 516 valence electrons. The van der Waals surface area contributed by atoms with Gasteiger partial charge in [-0.15, -0.1) is 0 Å². The summed E-state index contributed by atoms with van der Waals surface area (Å²) in [5.74, 6) is -5.97. The molecule has 12 atom stereocenters. The number of likely N-dealkylation sites (tertiary alicyclic amines) is 1. The van der Waals surface area contributed by atoms with E-state index in [9.17, 15) is 48.6 Å². The highest BCUT2D eigenvalue weighted by Gasteiger charge is 2.41. The maximum Gasteiger partial charge on any atom is 0.244 e. The Balaban J connectivity index is 0.970. The molecular formula is C69H91N13O11S3. The molecule has 0 spiro atoms. The number of para-hydroxylation sites is 1. The second kappa shape index (κ2) is 35.8. The van der Waals surface area contributed by atoms with Crippen molar-refractivity contribution in [1.29, 1.82) is 0 Å². The van der Waals surface area contributed by atoms with Crippen LogP contribution in [-0.2, 0) is 68.8 Å². The molecule has 4 aromatic carbocycles. The number of unbranched alkanes of at least 4 members (excludes halogenated alkanes) is 1. The number of thiol groups is 2. The number of aromatic amines is 2. The maximum absolute atomic E-state index is 15.0. The molecule has 0 bridgehead atoms. The number of aliphatic hydroxyl groups excluding tert-OH is 1. The quantitative estimate of drug-likeness (QED) is 0.0199. The normalized spacial score (nSPS) is 18.0. The summed E-state index contributed by atoms with van der Waals surface area (Å²) in [4.78, 5) is 136. The van der Waals surface area contributed by atoms with Crippen LogP contribution in [0.15, 0.2) is 109 Å². The van der Waals surface area contributed by atoms with E-state index in [1.807, 2.05) is 54.6 Å². The van der Waals surface area contributed by atoms with E-state index in [0.29, 0.717) is 41.8 Å². The highest BCUT2D eigenvalue weighted by molar-refractivity contribution is 7.99. The summed E-state index contributed by atoms with van der Waals surface area (Å²) in [5, 5.41) is 43.9. The molecule has 1 saturated heterocycles. The molecule has 1 aliphatic heterocycles. The minimum atomic E-state index is -1.47. The van der Waals surface area contributed by atoms with Gasteiger partial charge in [0.1, 0.15) is 54.1 Å². The Morgan fingerprint density at radius 1 is 0.635 bits per heavy atom. The average Bonchev–Trinajstić information content (AvgIpc) is 1.44. The number of aromatic nitrogens is 2. The van der Waals surface area contributed by atoms with Crippen LogP contribution in [0.4, 0.5) is 0 Å². The molecule has 6 aromatic rings. The number of carbonyl (C=O) groups is 9. The molecule has 1 fully saturated rings. The molecule has 2 aliphatic rings. The Morgan fingerprint density at radius 3 is 1.82 bits per heavy atom. The summed E-state index contributed by atoms with van der Waals surface area (Å²) < 4.78 is 0. The van der Waals surface area contributed by atoms with Gasteiger partial charge in [-0.1, -0.05) is 86.6 Å². The second-order valence-corrected chi connectivity index (χ2v) is 26.6. The number of hydrogen-bond donors (Lipinski definition) is 16. The number of phenols is 1. The van der Waals surface area contributed by atoms with Gasteiger partial charge in [-0.05, 0) is 129 Å². The lowest BCUT2D eigenvalue weighted by molar-refractivity contribution is -0.135. The number of amides is 9. The number of thioether (sulfide) groups is 1. The smallest absolute Gasteiger partial charge is 0.244 e. The molecule has 96 heavy (non-hydrogen) atoms. The van der Waals surface area contributed by atoms with Crippen molar-refractivity contribution in [2.45, 2.75) is 151 Å². The van der Waals surface area contributed by atoms with Gasteiger partial charge in [0.2, 0.25) is 53.2 Å². The molecule has 1 aliphatic carbocycles. The van der Waals surface area contributed by atoms with E-state index in [1.165, 1.54) is 47.3 Å². The summed E-state index contributed by atoms with van der Waals surface area (Å²) in [6, 6.07) is 18.6. The first-order valence-corrected chi connectivity index (χ1v) is 35.2. The number of aliphatic hydroxyl groups is 1. The highest BCUT2D eigenvalue weighted by Crippen LogP contribution is 2.45. The standard InChI is InChI=1S/C69H91N13O11S3/c1-4-26-82-34-42(27-48-47-17-13-20-51-60(47)44(33-73-51)31-58(48)82)37-96-38-59(85)74-53(28-40-14-7-6-8-15-40)65(89)80-56(35-94)68(92)77-54(29-41-21-23-45(84)24-22-41)66(90)78-55(30-43-32-72-50-18-10-9-16-46(43)50)67(91)76-52(19-11-12-25-70)64(88)75-49(5-2)63(87)79-57(36-95)69(93)81-61(39(3)83)62(71)86/h6-10,13-18,20-24,32-33,39,42,48-49,52-58,61,72-73,83-84,94-95H,4-5,11-12,19,25-31,34-38,70H2,1-3H3,(H2,71,86)(H,74,85)(H,75,88)(H,76,91)(H,77,92)(H,78,90)(H,79,87)(H,80,89)(H,81,93)/t39-,42-,48-,49+,52+,53-,54+,55-,56+,57+,58-,61+/m1/s1. The van der Waals surface area contributed by atoms with Crippen molar-refractivity contribution in [3.05, 3.63) is 137 Å². The van der Waals surface area contributed by atoms with Crippen molar-refractivity contribution in [3.63, 3.8) is 0 Å². The van der Waals surface area contributed by atoms with Gasteiger partial charge in [0.05, 0.1) is 11.9 Å². The number of nitrogens with two attached hydrogens (primary N) is 2. The van der Waals surface area contributed by atoms with Gasteiger partial charge in [0, 0.05) is 83.5 Å². The van der Waals surface area contributed by atoms with Crippen molar-refractivity contribution in [2.75, 3.05) is 42.6 Å². The summed E-state index contributed by atoms with van der Waals surface area (Å²) in [6.07, 6.45) is 6.14. The zero-order chi connectivity index (χ0) is 69.0. The fourth-order valence-corrected chi connectivity index (χ4v) is 14.3. The zero-order valence-corrected chi connectivity index (χ0v) is 56.9. The molecule has 9 amide bonds. The number of carbonyl (C=O) groups excluding carboxylic acids is 9. The monoisotopic (exact) mass is 1370 g/mol. The SMILES string of the molecule is CCCN1C[C@H](CSCC(=O)N[C@H](Cc2ccccc2)C(=O)N[C@@H](CS)C(=O)N[C@@H](Cc2ccc(O)cc2)C(=O)N[C@H](Cc2c[nH]c3ccccc23)C(=O)N[C@@H](CCCCN)C(=O)N[C@@H](CC)C(=O)N[C@@H](CS)C(=O)N[C@H](C(N)=O)[C@@H](C)O)C[C@@H]2c3cccc4[nH]cc(c34)C[C@H]21. The first-order valence-electron chi connectivity index (χ1n) is 32.8. The Hall–Kier alpha value is -8.08. The lowest BCUT2D eigenvalue weighted by Gasteiger charge is -2.47. The zero-order valence-electron chi connectivity index (χ0n) is 54.3. The summed E-state index contributed by atoms with van der Waals surface area (Å²) >= 11 is 10.2. The van der Waals surface area contributed by atoms with Gasteiger partial charge >= 0.3 is 0 Å². The molecule has 0 unspecified atom stereocenters. The van der Waals surface area contributed by atoms with Crippen molar-refractivity contribution >= 4 is 112 Å². The molecule has 2 aromatic heterocycles. The number of phenolic OH excluding ortho intramolecular Hbond substituents is 1. The van der Waals surface area contributed by atoms with Crippen LogP contribution in [0.5, 0.6) is 5.75 Å². The molecule has 0 radical (unpaired) electrons. The number of H-pyrrole nitrogens is 2. The third-order valence-electron chi connectivity index (χ3n) is 17.8. The lowest BCUT2D eigenvalue weighted by atomic mass is 9.72. The number of nitrogens with one attached hydrogen (secondary N) is 10. The third-order valence-corrected chi connectivity index (χ3v) is 19.7. The van der Waals surface area contributed by atoms with Crippen LogP contribution in [0.1, 0.15) is 93.0 Å². The fourth-order valence-electron chi connectivity index (χ4n) is 12.8. The molecule has 3 heterocycles. The number of fused-ring (bicyclic) bond motifs is 3. The van der Waals surface area contributed by atoms with Crippen LogP contribution in [0.25, 0.3) is 21.8 Å². The molecular weight excluding hydrogens is 1280 g/mol. The molecule has 27 heteroatoms. The van der Waals surface area contributed by atoms with Gasteiger partial charge < -0.3 is 74.2 Å². The molecule has 8 rings (SSSR count). The van der Waals surface area contributed by atoms with Crippen LogP contribution in [0.2, 0.25) is 0 Å². The number of hydrogen-bond acceptors (Lipinski definition) is 16. The number of benzene rings is 4. The maximum atomic E-state index is 15.0. The second-order valence-electron chi connectivity index (χ2n) is 24.9. The Kier molecular flexibility index (Phi) is 27.5. The summed E-state index contributed by atoms with van der Waals surface area (Å²) in [6.45, 7) is 7.22. The molecule has 16 N–H and O–H groups in total. The predicted octanol–water partition coefficient (Wildman–Crippen LogP) is 2.70. The van der Waals surface area contributed by atoms with E-state index in [2.05, 4.69) is 114 Å². The number of rotatable bonds is 36. The van der Waals surface area contributed by atoms with Gasteiger partial charge in [0.25, 0.3) is 0 Å². The number of aromatic hydroxyl groups is 1. The van der Waals surface area contributed by atoms with Gasteiger partial charge in [-0.3, -0.25) is 48.1 Å². The van der Waals surface area contributed by atoms with Crippen LogP contribution < -0.4 is 54.0 Å². The largest absolute Gasteiger partial charge is 0.508 e. The first kappa shape index (κ1) is 73.7. The predicted molar refractivity (Wildman–Crippen MR) is 377 cm³/mol. The fraction of sp³-hybridized carbons (Fsp3) is 0.464. The minimum absolute atomic E-state index is 0.0174. The van der Waals surface area contributed by atoms with E-state index in [1.54, 1.807) is 25.3 Å². The molecule has 0 saturated carbocycles. The van der Waals surface area contributed by atoms with Gasteiger partial charge in [-0.25, -0.2) is 0 Å². The van der Waals surface area contributed by atoms with Gasteiger partial charge in [-0.2, -0.15) is 37.0 Å². The summed E-state index contributed by atoms with van der Waals surface area (Å²) in [7, 11) is 0. The van der Waals surface area contributed by atoms with Crippen LogP contribution in [-0.4, -0.2) is 181 Å². The van der Waals surface area contributed by atoms with Gasteiger partial charge in [0.15, 0.2) is 0 Å². The topological polar surface area (TPSA) is 377 Å². The van der Waals surface area contributed by atoms with Crippen molar-refractivity contribution in [2.24, 2.45) is 17.4 Å². The van der Waals surface area contributed by atoms with Crippen LogP contribution in [0.3, 0.4) is 0 Å². The minimum Gasteiger partial charge on any atom is -0.508 e. The first-order chi connectivity index (χ1) is 46.2. The number of piperidine rings is 1. The van der Waals surface area contributed by atoms with E-state index in [4.69, 9.17) is 11.5 Å². The highest BCUT2D eigenvalue weighted by atomic mass is 32.2. The summed E-state index contributed by atoms with van der Waals surface area (Å²) in [5.41, 5.74) is 17.7. The van der Waals surface area contributed by atoms with E-state index in [-0.39, 0.29) is 67.6 Å². The average molecular weight is 1370 g/mol. The number of primary amides is 1. The van der Waals surface area contributed by atoms with Crippen LogP contribution in [0, 0.1) is 5.92 Å². The third kappa shape index (κ3) is 19.8. The van der Waals surface area contributed by atoms with E-state index < -0.39 is 102 Å².